The Balaban J connectivity index is 2.44. The third kappa shape index (κ3) is 2.89. The second-order valence-electron chi connectivity index (χ2n) is 4.73. The van der Waals surface area contributed by atoms with Crippen molar-refractivity contribution in [3.05, 3.63) is 40.9 Å². The minimum absolute atomic E-state index is 0.401. The van der Waals surface area contributed by atoms with Crippen LogP contribution < -0.4 is 4.74 Å². The van der Waals surface area contributed by atoms with Gasteiger partial charge in [0.05, 0.1) is 7.11 Å². The van der Waals surface area contributed by atoms with Crippen molar-refractivity contribution in [1.82, 2.24) is 0 Å². The van der Waals surface area contributed by atoms with E-state index in [1.165, 1.54) is 7.11 Å². The number of benzene rings is 2. The summed E-state index contributed by atoms with van der Waals surface area (Å²) in [7, 11) is 1.35. The van der Waals surface area contributed by atoms with Crippen LogP contribution in [0.1, 0.15) is 13.8 Å². The third-order valence-electron chi connectivity index (χ3n) is 2.84. The van der Waals surface area contributed by atoms with Gasteiger partial charge < -0.3 is 9.47 Å². The first kappa shape index (κ1) is 13.9. The average molecular weight is 323 g/mol. The molecule has 0 N–H and O–H groups in total. The van der Waals surface area contributed by atoms with Gasteiger partial charge in [0.2, 0.25) is 0 Å². The van der Waals surface area contributed by atoms with Crippen LogP contribution in [-0.2, 0) is 9.53 Å². The smallest absolute Gasteiger partial charge is 0.349 e. The van der Waals surface area contributed by atoms with E-state index >= 15 is 0 Å². The Hall–Kier alpha value is -1.55. The molecule has 0 fully saturated rings. The maximum Gasteiger partial charge on any atom is 0.349 e. The van der Waals surface area contributed by atoms with Crippen LogP contribution >= 0.6 is 15.9 Å². The molecule has 2 aromatic rings. The van der Waals surface area contributed by atoms with E-state index in [1.54, 1.807) is 13.8 Å². The molecule has 0 radical (unpaired) electrons. The van der Waals surface area contributed by atoms with Gasteiger partial charge in [0.1, 0.15) is 5.75 Å². The van der Waals surface area contributed by atoms with Crippen molar-refractivity contribution < 1.29 is 14.3 Å². The Morgan fingerprint density at radius 3 is 2.63 bits per heavy atom. The highest BCUT2D eigenvalue weighted by Crippen LogP contribution is 2.30. The molecule has 0 unspecified atom stereocenters. The normalized spacial score (nSPS) is 11.4. The van der Waals surface area contributed by atoms with E-state index < -0.39 is 11.6 Å². The molecule has 0 bridgehead atoms. The summed E-state index contributed by atoms with van der Waals surface area (Å²) in [6.45, 7) is 3.38. The van der Waals surface area contributed by atoms with Crippen LogP contribution in [0.15, 0.2) is 40.9 Å². The lowest BCUT2D eigenvalue weighted by molar-refractivity contribution is -0.155. The van der Waals surface area contributed by atoms with Crippen molar-refractivity contribution in [3.8, 4) is 5.75 Å². The molecule has 100 valence electrons. The van der Waals surface area contributed by atoms with Gasteiger partial charge in [-0.3, -0.25) is 0 Å². The van der Waals surface area contributed by atoms with Gasteiger partial charge in [-0.15, -0.1) is 0 Å². The van der Waals surface area contributed by atoms with Crippen LogP contribution in [0.3, 0.4) is 0 Å². The van der Waals surface area contributed by atoms with Gasteiger partial charge in [-0.1, -0.05) is 28.1 Å². The standard InChI is InChI=1S/C15H15BrO3/c1-15(2,14(17)18-3)19-13-6-4-5-10-9-11(16)7-8-12(10)13/h4-9H,1-3H3. The Bertz CT molecular complexity index is 620. The number of esters is 1. The molecule has 2 rings (SSSR count). The minimum Gasteiger partial charge on any atom is -0.476 e. The summed E-state index contributed by atoms with van der Waals surface area (Å²) < 4.78 is 11.6. The quantitative estimate of drug-likeness (QED) is 0.803. The maximum absolute atomic E-state index is 11.7. The lowest BCUT2D eigenvalue weighted by Crippen LogP contribution is -2.39. The van der Waals surface area contributed by atoms with Crippen LogP contribution in [0.4, 0.5) is 0 Å². The zero-order valence-corrected chi connectivity index (χ0v) is 12.7. The highest BCUT2D eigenvalue weighted by molar-refractivity contribution is 9.10. The molecule has 0 saturated carbocycles. The average Bonchev–Trinajstić information content (AvgIpc) is 2.37. The van der Waals surface area contributed by atoms with E-state index in [-0.39, 0.29) is 0 Å². The number of ether oxygens (including phenoxy) is 2. The number of fused-ring (bicyclic) bond motifs is 1. The van der Waals surface area contributed by atoms with Gasteiger partial charge in [-0.2, -0.15) is 0 Å². The molecule has 0 aromatic heterocycles. The first-order valence-electron chi connectivity index (χ1n) is 5.90. The van der Waals surface area contributed by atoms with Crippen LogP contribution in [0.5, 0.6) is 5.75 Å². The molecule has 0 aliphatic rings. The van der Waals surface area contributed by atoms with Crippen LogP contribution in [-0.4, -0.2) is 18.7 Å². The molecule has 0 aliphatic heterocycles. The number of hydrogen-bond donors (Lipinski definition) is 0. The van der Waals surface area contributed by atoms with Gasteiger partial charge >= 0.3 is 5.97 Å². The fraction of sp³-hybridized carbons (Fsp3) is 0.267. The van der Waals surface area contributed by atoms with Crippen LogP contribution in [0.2, 0.25) is 0 Å². The van der Waals surface area contributed by atoms with Crippen LogP contribution in [0, 0.1) is 0 Å². The topological polar surface area (TPSA) is 35.5 Å². The number of halogens is 1. The second kappa shape index (κ2) is 5.21. The first-order valence-corrected chi connectivity index (χ1v) is 6.69. The molecule has 19 heavy (non-hydrogen) atoms. The van der Waals surface area contributed by atoms with E-state index in [1.807, 2.05) is 36.4 Å². The summed E-state index contributed by atoms with van der Waals surface area (Å²) in [5.41, 5.74) is -1.02. The first-order chi connectivity index (χ1) is 8.94. The number of hydrogen-bond acceptors (Lipinski definition) is 3. The molecule has 0 saturated heterocycles. The summed E-state index contributed by atoms with van der Waals surface area (Å²) >= 11 is 3.44. The van der Waals surface area contributed by atoms with E-state index in [0.717, 1.165) is 15.2 Å². The zero-order chi connectivity index (χ0) is 14.0. The monoisotopic (exact) mass is 322 g/mol. The Kier molecular flexibility index (Phi) is 3.80. The van der Waals surface area contributed by atoms with Gasteiger partial charge in [-0.05, 0) is 43.5 Å². The van der Waals surface area contributed by atoms with Gasteiger partial charge in [0, 0.05) is 9.86 Å². The highest BCUT2D eigenvalue weighted by atomic mass is 79.9. The van der Waals surface area contributed by atoms with Crippen molar-refractivity contribution in [2.75, 3.05) is 7.11 Å². The molecule has 0 amide bonds. The molecule has 0 spiro atoms. The molecule has 0 aliphatic carbocycles. The maximum atomic E-state index is 11.7. The zero-order valence-electron chi connectivity index (χ0n) is 11.1. The lowest BCUT2D eigenvalue weighted by atomic mass is 10.1. The van der Waals surface area contributed by atoms with Gasteiger partial charge in [0.25, 0.3) is 0 Å². The molecule has 0 heterocycles. The highest BCUT2D eigenvalue weighted by Gasteiger charge is 2.31. The SMILES string of the molecule is COC(=O)C(C)(C)Oc1cccc2cc(Br)ccc12. The van der Waals surface area contributed by atoms with Crippen molar-refractivity contribution in [3.63, 3.8) is 0 Å². The third-order valence-corrected chi connectivity index (χ3v) is 3.34. The second-order valence-corrected chi connectivity index (χ2v) is 5.64. The van der Waals surface area contributed by atoms with Crippen molar-refractivity contribution >= 4 is 32.7 Å². The predicted molar refractivity (Wildman–Crippen MR) is 78.4 cm³/mol. The molecule has 2 aromatic carbocycles. The van der Waals surface area contributed by atoms with E-state index in [0.29, 0.717) is 5.75 Å². The molecular formula is C15H15BrO3. The summed E-state index contributed by atoms with van der Waals surface area (Å²) in [5.74, 6) is 0.266. The van der Waals surface area contributed by atoms with E-state index in [4.69, 9.17) is 9.47 Å². The molecular weight excluding hydrogens is 308 g/mol. The van der Waals surface area contributed by atoms with Crippen molar-refractivity contribution in [2.24, 2.45) is 0 Å². The van der Waals surface area contributed by atoms with E-state index in [9.17, 15) is 4.79 Å². The fourth-order valence-corrected chi connectivity index (χ4v) is 2.25. The number of carbonyl (C=O) groups excluding carboxylic acids is 1. The van der Waals surface area contributed by atoms with Crippen LogP contribution in [0.25, 0.3) is 10.8 Å². The van der Waals surface area contributed by atoms with E-state index in [2.05, 4.69) is 15.9 Å². The predicted octanol–water partition coefficient (Wildman–Crippen LogP) is 3.93. The summed E-state index contributed by atoms with van der Waals surface area (Å²) in [5, 5.41) is 2.01. The Morgan fingerprint density at radius 1 is 1.21 bits per heavy atom. The largest absolute Gasteiger partial charge is 0.476 e. The number of carbonyl (C=O) groups is 1. The summed E-state index contributed by atoms with van der Waals surface area (Å²) in [6, 6.07) is 11.7. The van der Waals surface area contributed by atoms with Gasteiger partial charge in [-0.25, -0.2) is 4.79 Å². The lowest BCUT2D eigenvalue weighted by Gasteiger charge is -2.24. The Labute approximate surface area is 120 Å². The fourth-order valence-electron chi connectivity index (χ4n) is 1.88. The van der Waals surface area contributed by atoms with Crippen molar-refractivity contribution in [1.29, 1.82) is 0 Å². The number of methoxy groups -OCH3 is 1. The minimum atomic E-state index is -1.02. The van der Waals surface area contributed by atoms with Gasteiger partial charge in [0.15, 0.2) is 5.60 Å². The summed E-state index contributed by atoms with van der Waals surface area (Å²) in [6.07, 6.45) is 0. The van der Waals surface area contributed by atoms with Crippen molar-refractivity contribution in [2.45, 2.75) is 19.4 Å². The molecule has 4 heteroatoms. The summed E-state index contributed by atoms with van der Waals surface area (Å²) in [4.78, 5) is 11.7. The number of rotatable bonds is 3. The Morgan fingerprint density at radius 2 is 1.95 bits per heavy atom. The molecule has 0 atom stereocenters. The molecule has 3 nitrogen and oxygen atoms in total.